The fourth-order valence-electron chi connectivity index (χ4n) is 5.04. The maximum absolute atomic E-state index is 12.6. The van der Waals surface area contributed by atoms with Crippen LogP contribution in [0.1, 0.15) is 23.6 Å². The monoisotopic (exact) mass is 405 g/mol. The second kappa shape index (κ2) is 7.47. The second-order valence-corrected chi connectivity index (χ2v) is 9.56. The molecule has 0 unspecified atom stereocenters. The van der Waals surface area contributed by atoms with Crippen LogP contribution in [0.15, 0.2) is 58.7 Å². The Morgan fingerprint density at radius 3 is 2.59 bits per heavy atom. The van der Waals surface area contributed by atoms with E-state index in [0.717, 1.165) is 26.2 Å². The number of aromatic nitrogens is 1. The van der Waals surface area contributed by atoms with E-state index in [-0.39, 0.29) is 5.56 Å². The molecule has 2 aliphatic rings. The van der Waals surface area contributed by atoms with Gasteiger partial charge in [-0.15, -0.1) is 11.3 Å². The molecule has 0 saturated carbocycles. The van der Waals surface area contributed by atoms with Crippen LogP contribution in [0.4, 0.5) is 5.69 Å². The van der Waals surface area contributed by atoms with Crippen molar-refractivity contribution in [2.24, 2.45) is 5.92 Å². The van der Waals surface area contributed by atoms with Crippen LogP contribution in [-0.2, 0) is 13.1 Å². The Balaban J connectivity index is 1.43. The summed E-state index contributed by atoms with van der Waals surface area (Å²) < 4.78 is 2.07. The summed E-state index contributed by atoms with van der Waals surface area (Å²) >= 11 is 1.76. The zero-order chi connectivity index (χ0) is 20.0. The lowest BCUT2D eigenvalue weighted by Gasteiger charge is -2.43. The third-order valence-electron chi connectivity index (χ3n) is 6.31. The highest BCUT2D eigenvalue weighted by Gasteiger charge is 2.36. The van der Waals surface area contributed by atoms with Gasteiger partial charge >= 0.3 is 0 Å². The minimum Gasteiger partial charge on any atom is -0.378 e. The van der Waals surface area contributed by atoms with Gasteiger partial charge in [-0.05, 0) is 47.5 Å². The normalized spacial score (nSPS) is 21.0. The van der Waals surface area contributed by atoms with Gasteiger partial charge in [0.2, 0.25) is 0 Å². The Bertz CT molecular complexity index is 1050. The van der Waals surface area contributed by atoms with Crippen LogP contribution >= 0.6 is 11.3 Å². The summed E-state index contributed by atoms with van der Waals surface area (Å²) in [5.41, 5.74) is 5.25. The van der Waals surface area contributed by atoms with Crippen LogP contribution in [0.3, 0.4) is 0 Å². The fraction of sp³-hybridized carbons (Fsp3) is 0.375. The molecule has 0 aliphatic carbocycles. The zero-order valence-electron chi connectivity index (χ0n) is 17.0. The highest BCUT2D eigenvalue weighted by atomic mass is 32.1. The Hall–Kier alpha value is -2.37. The molecule has 0 radical (unpaired) electrons. The van der Waals surface area contributed by atoms with Crippen molar-refractivity contribution in [3.63, 3.8) is 0 Å². The van der Waals surface area contributed by atoms with Crippen molar-refractivity contribution in [1.82, 2.24) is 9.47 Å². The van der Waals surface area contributed by atoms with E-state index >= 15 is 0 Å². The maximum atomic E-state index is 12.6. The predicted octanol–water partition coefficient (Wildman–Crippen LogP) is 4.26. The predicted molar refractivity (Wildman–Crippen MR) is 121 cm³/mol. The first-order valence-electron chi connectivity index (χ1n) is 10.3. The number of nitrogens with zero attached hydrogens (tertiary/aromatic N) is 3. The van der Waals surface area contributed by atoms with E-state index in [4.69, 9.17) is 0 Å². The van der Waals surface area contributed by atoms with Gasteiger partial charge in [0.1, 0.15) is 0 Å². The quantitative estimate of drug-likeness (QED) is 0.649. The molecule has 1 aromatic carbocycles. The summed E-state index contributed by atoms with van der Waals surface area (Å²) in [5, 5.41) is 2.12. The maximum Gasteiger partial charge on any atom is 0.250 e. The van der Waals surface area contributed by atoms with Crippen LogP contribution in [0.2, 0.25) is 0 Å². The van der Waals surface area contributed by atoms with Gasteiger partial charge in [-0.25, -0.2) is 0 Å². The molecule has 0 spiro atoms. The molecule has 5 heteroatoms. The van der Waals surface area contributed by atoms with E-state index in [0.29, 0.717) is 11.8 Å². The van der Waals surface area contributed by atoms with Crippen molar-refractivity contribution in [1.29, 1.82) is 0 Å². The SMILES string of the molecule is CN(C)c1ccc(CN2C[C@@H]3C[C@H](C2)c2c(-c4cccs4)ccc(=O)n2C3)cc1. The minimum atomic E-state index is 0.155. The fourth-order valence-corrected chi connectivity index (χ4v) is 5.80. The summed E-state index contributed by atoms with van der Waals surface area (Å²) in [6.45, 7) is 3.92. The molecule has 3 aromatic rings. The van der Waals surface area contributed by atoms with E-state index in [2.05, 4.69) is 70.2 Å². The Morgan fingerprint density at radius 1 is 1.03 bits per heavy atom. The molecule has 2 aromatic heterocycles. The van der Waals surface area contributed by atoms with Gasteiger partial charge in [0.15, 0.2) is 0 Å². The van der Waals surface area contributed by atoms with Crippen LogP contribution in [0, 0.1) is 5.92 Å². The van der Waals surface area contributed by atoms with Crippen LogP contribution in [0.5, 0.6) is 0 Å². The molecule has 2 atom stereocenters. The third-order valence-corrected chi connectivity index (χ3v) is 7.21. The topological polar surface area (TPSA) is 28.5 Å². The van der Waals surface area contributed by atoms with Gasteiger partial charge < -0.3 is 9.47 Å². The van der Waals surface area contributed by atoms with Crippen LogP contribution in [-0.4, -0.2) is 36.7 Å². The van der Waals surface area contributed by atoms with E-state index in [1.165, 1.54) is 33.8 Å². The first kappa shape index (κ1) is 18.6. The summed E-state index contributed by atoms with van der Waals surface area (Å²) in [4.78, 5) is 18.6. The van der Waals surface area contributed by atoms with E-state index in [1.54, 1.807) is 17.4 Å². The van der Waals surface area contributed by atoms with Crippen molar-refractivity contribution >= 4 is 17.0 Å². The van der Waals surface area contributed by atoms with Crippen molar-refractivity contribution < 1.29 is 0 Å². The van der Waals surface area contributed by atoms with Gasteiger partial charge in [-0.2, -0.15) is 0 Å². The number of fused-ring (bicyclic) bond motifs is 4. The molecule has 4 heterocycles. The molecule has 1 saturated heterocycles. The Morgan fingerprint density at radius 2 is 1.86 bits per heavy atom. The summed E-state index contributed by atoms with van der Waals surface area (Å²) in [5.74, 6) is 0.980. The Kier molecular flexibility index (Phi) is 4.80. The van der Waals surface area contributed by atoms with Gasteiger partial charge in [0, 0.05) is 74.1 Å². The van der Waals surface area contributed by atoms with Gasteiger partial charge in [-0.1, -0.05) is 18.2 Å². The second-order valence-electron chi connectivity index (χ2n) is 8.61. The summed E-state index contributed by atoms with van der Waals surface area (Å²) in [6, 6.07) is 16.9. The largest absolute Gasteiger partial charge is 0.378 e. The molecule has 0 N–H and O–H groups in total. The van der Waals surface area contributed by atoms with Gasteiger partial charge in [-0.3, -0.25) is 9.69 Å². The molecular weight excluding hydrogens is 378 g/mol. The molecule has 4 nitrogen and oxygen atoms in total. The third kappa shape index (κ3) is 3.53. The van der Waals surface area contributed by atoms with E-state index < -0.39 is 0 Å². The van der Waals surface area contributed by atoms with Crippen molar-refractivity contribution in [3.8, 4) is 10.4 Å². The number of anilines is 1. The number of rotatable bonds is 4. The lowest BCUT2D eigenvalue weighted by Crippen LogP contribution is -2.47. The van der Waals surface area contributed by atoms with Crippen molar-refractivity contribution in [3.05, 3.63) is 75.5 Å². The number of piperidine rings is 1. The van der Waals surface area contributed by atoms with E-state index in [1.807, 2.05) is 6.07 Å². The van der Waals surface area contributed by atoms with Gasteiger partial charge in [0.05, 0.1) is 0 Å². The zero-order valence-corrected chi connectivity index (χ0v) is 17.9. The molecular formula is C24H27N3OS. The first-order chi connectivity index (χ1) is 14.1. The number of thiophene rings is 1. The van der Waals surface area contributed by atoms with Crippen molar-refractivity contribution in [2.45, 2.75) is 25.4 Å². The smallest absolute Gasteiger partial charge is 0.250 e. The van der Waals surface area contributed by atoms with Gasteiger partial charge in [0.25, 0.3) is 5.56 Å². The number of hydrogen-bond donors (Lipinski definition) is 0. The summed E-state index contributed by atoms with van der Waals surface area (Å²) in [6.07, 6.45) is 1.19. The number of pyridine rings is 1. The highest BCUT2D eigenvalue weighted by molar-refractivity contribution is 7.13. The molecule has 0 amide bonds. The minimum absolute atomic E-state index is 0.155. The van der Waals surface area contributed by atoms with E-state index in [9.17, 15) is 4.79 Å². The molecule has 150 valence electrons. The Labute approximate surface area is 176 Å². The van der Waals surface area contributed by atoms with Crippen LogP contribution in [0.25, 0.3) is 10.4 Å². The highest BCUT2D eigenvalue weighted by Crippen LogP contribution is 2.41. The van der Waals surface area contributed by atoms with Crippen molar-refractivity contribution in [2.75, 3.05) is 32.1 Å². The molecule has 1 fully saturated rings. The lowest BCUT2D eigenvalue weighted by atomic mass is 9.81. The molecule has 2 aliphatic heterocycles. The number of benzene rings is 1. The molecule has 29 heavy (non-hydrogen) atoms. The number of hydrogen-bond acceptors (Lipinski definition) is 4. The molecule has 2 bridgehead atoms. The average molecular weight is 406 g/mol. The number of likely N-dealkylation sites (tertiary alicyclic amines) is 1. The summed E-state index contributed by atoms with van der Waals surface area (Å²) in [7, 11) is 4.15. The lowest BCUT2D eigenvalue weighted by molar-refractivity contribution is 0.115. The van der Waals surface area contributed by atoms with Crippen LogP contribution < -0.4 is 10.5 Å². The average Bonchev–Trinajstić information content (AvgIpc) is 3.24. The standard InChI is InChI=1S/C24H27N3OS/c1-25(2)20-7-5-17(6-8-20)13-26-14-18-12-19(16-26)24-21(22-4-3-11-29-22)9-10-23(28)27(24)15-18/h3-11,18-19H,12-16H2,1-2H3/t18-,19+/m0/s1. The first-order valence-corrected chi connectivity index (χ1v) is 11.2. The molecule has 5 rings (SSSR count).